The zero-order valence-corrected chi connectivity index (χ0v) is 14.2. The van der Waals surface area contributed by atoms with Gasteiger partial charge in [-0.25, -0.2) is 9.78 Å². The summed E-state index contributed by atoms with van der Waals surface area (Å²) in [5.41, 5.74) is 2.81. The number of carboxylic acid groups (broad SMARTS) is 1. The Morgan fingerprint density at radius 3 is 2.70 bits per heavy atom. The summed E-state index contributed by atoms with van der Waals surface area (Å²) in [7, 11) is 1.92. The predicted molar refractivity (Wildman–Crippen MR) is 86.4 cm³/mol. The van der Waals surface area contributed by atoms with Gasteiger partial charge in [-0.3, -0.25) is 0 Å². The van der Waals surface area contributed by atoms with Crippen LogP contribution in [-0.2, 0) is 7.05 Å². The van der Waals surface area contributed by atoms with Crippen LogP contribution >= 0.6 is 43.2 Å². The van der Waals surface area contributed by atoms with Crippen molar-refractivity contribution in [3.8, 4) is 11.4 Å². The average Bonchev–Trinajstić information content (AvgIpc) is 2.89. The minimum Gasteiger partial charge on any atom is -0.478 e. The highest BCUT2D eigenvalue weighted by Crippen LogP contribution is 2.38. The molecule has 0 amide bonds. The van der Waals surface area contributed by atoms with Gasteiger partial charge in [0.25, 0.3) is 0 Å². The maximum absolute atomic E-state index is 11.0. The molecule has 2 heterocycles. The molecular formula is C13H8Br2N2O2S. The number of imidazole rings is 1. The Bertz CT molecular complexity index is 838. The number of halogens is 2. The Kier molecular flexibility index (Phi) is 3.43. The van der Waals surface area contributed by atoms with Crippen molar-refractivity contribution < 1.29 is 9.90 Å². The molecule has 0 atom stereocenters. The van der Waals surface area contributed by atoms with Gasteiger partial charge in [0.2, 0.25) is 0 Å². The zero-order chi connectivity index (χ0) is 14.4. The van der Waals surface area contributed by atoms with Gasteiger partial charge in [0.05, 0.1) is 24.2 Å². The van der Waals surface area contributed by atoms with Gasteiger partial charge in [0.1, 0.15) is 5.82 Å². The number of fused-ring (bicyclic) bond motifs is 1. The molecule has 3 aromatic rings. The van der Waals surface area contributed by atoms with E-state index >= 15 is 0 Å². The summed E-state index contributed by atoms with van der Waals surface area (Å²) in [6, 6.07) is 6.96. The smallest absolute Gasteiger partial charge is 0.335 e. The first-order valence-electron chi connectivity index (χ1n) is 5.62. The fourth-order valence-electron chi connectivity index (χ4n) is 2.07. The van der Waals surface area contributed by atoms with Gasteiger partial charge in [0.15, 0.2) is 0 Å². The highest BCUT2D eigenvalue weighted by atomic mass is 79.9. The van der Waals surface area contributed by atoms with Crippen LogP contribution in [0.4, 0.5) is 0 Å². The molecule has 0 aliphatic rings. The Balaban J connectivity index is 2.25. The topological polar surface area (TPSA) is 55.1 Å². The van der Waals surface area contributed by atoms with Crippen LogP contribution in [0.25, 0.3) is 22.4 Å². The van der Waals surface area contributed by atoms with Crippen LogP contribution in [0, 0.1) is 0 Å². The summed E-state index contributed by atoms with van der Waals surface area (Å²) in [5.74, 6) is -0.144. The lowest BCUT2D eigenvalue weighted by Crippen LogP contribution is -1.95. The quantitative estimate of drug-likeness (QED) is 0.669. The molecule has 0 unspecified atom stereocenters. The number of thiophene rings is 1. The number of aryl methyl sites for hydroxylation is 1. The summed E-state index contributed by atoms with van der Waals surface area (Å²) in [5, 5.41) is 9.04. The number of aromatic nitrogens is 2. The number of hydrogen-bond acceptors (Lipinski definition) is 3. The van der Waals surface area contributed by atoms with Gasteiger partial charge in [-0.15, -0.1) is 11.3 Å². The lowest BCUT2D eigenvalue weighted by atomic mass is 10.2. The van der Waals surface area contributed by atoms with Crippen LogP contribution in [0.15, 0.2) is 31.8 Å². The molecule has 2 aromatic heterocycles. The van der Waals surface area contributed by atoms with E-state index in [1.165, 1.54) is 0 Å². The van der Waals surface area contributed by atoms with Gasteiger partial charge in [-0.05, 0) is 56.1 Å². The molecule has 0 aliphatic heterocycles. The van der Waals surface area contributed by atoms with Crippen molar-refractivity contribution in [2.24, 2.45) is 7.05 Å². The number of benzene rings is 1. The minimum absolute atomic E-state index is 0.243. The number of hydrogen-bond donors (Lipinski definition) is 1. The van der Waals surface area contributed by atoms with Crippen molar-refractivity contribution in [3.63, 3.8) is 0 Å². The van der Waals surface area contributed by atoms with Gasteiger partial charge in [0, 0.05) is 12.6 Å². The molecular weight excluding hydrogens is 408 g/mol. The molecule has 20 heavy (non-hydrogen) atoms. The van der Waals surface area contributed by atoms with E-state index in [-0.39, 0.29) is 5.56 Å². The molecule has 1 aromatic carbocycles. The second-order valence-electron chi connectivity index (χ2n) is 4.24. The van der Waals surface area contributed by atoms with E-state index in [2.05, 4.69) is 36.8 Å². The van der Waals surface area contributed by atoms with Crippen molar-refractivity contribution in [2.75, 3.05) is 0 Å². The van der Waals surface area contributed by atoms with E-state index in [1.54, 1.807) is 29.5 Å². The Morgan fingerprint density at radius 1 is 1.35 bits per heavy atom. The highest BCUT2D eigenvalue weighted by molar-refractivity contribution is 9.12. The summed E-state index contributed by atoms with van der Waals surface area (Å²) in [6.45, 7) is 0. The van der Waals surface area contributed by atoms with Crippen LogP contribution in [0.1, 0.15) is 10.4 Å². The Morgan fingerprint density at radius 2 is 2.10 bits per heavy atom. The van der Waals surface area contributed by atoms with Crippen LogP contribution < -0.4 is 0 Å². The van der Waals surface area contributed by atoms with Crippen LogP contribution in [0.2, 0.25) is 0 Å². The first-order valence-corrected chi connectivity index (χ1v) is 8.02. The predicted octanol–water partition coefficient (Wildman–Crippen LogP) is 4.53. The third kappa shape index (κ3) is 2.19. The minimum atomic E-state index is -0.946. The largest absolute Gasteiger partial charge is 0.478 e. The fourth-order valence-corrected chi connectivity index (χ4v) is 4.86. The molecule has 0 fully saturated rings. The van der Waals surface area contributed by atoms with Crippen molar-refractivity contribution in [1.29, 1.82) is 0 Å². The molecule has 7 heteroatoms. The molecule has 0 aliphatic carbocycles. The van der Waals surface area contributed by atoms with Crippen molar-refractivity contribution >= 4 is 60.2 Å². The first kappa shape index (κ1) is 13.8. The third-order valence-corrected chi connectivity index (χ3v) is 5.36. The number of carbonyl (C=O) groups is 1. The molecule has 4 nitrogen and oxygen atoms in total. The molecule has 102 valence electrons. The molecule has 3 rings (SSSR count). The summed E-state index contributed by atoms with van der Waals surface area (Å²) < 4.78 is 3.96. The van der Waals surface area contributed by atoms with E-state index < -0.39 is 5.97 Å². The van der Waals surface area contributed by atoms with Crippen molar-refractivity contribution in [3.05, 3.63) is 37.4 Å². The zero-order valence-electron chi connectivity index (χ0n) is 10.2. The highest BCUT2D eigenvalue weighted by Gasteiger charge is 2.16. The number of nitrogens with zero attached hydrogens (tertiary/aromatic N) is 2. The first-order chi connectivity index (χ1) is 9.47. The van der Waals surface area contributed by atoms with E-state index in [9.17, 15) is 4.79 Å². The van der Waals surface area contributed by atoms with E-state index in [1.807, 2.05) is 17.7 Å². The van der Waals surface area contributed by atoms with E-state index in [4.69, 9.17) is 5.11 Å². The van der Waals surface area contributed by atoms with Crippen molar-refractivity contribution in [2.45, 2.75) is 0 Å². The van der Waals surface area contributed by atoms with Crippen molar-refractivity contribution in [1.82, 2.24) is 9.55 Å². The SMILES string of the molecule is Cn1c(-c2cc(Br)sc2Br)nc2cc(C(=O)O)ccc21. The Labute approximate surface area is 135 Å². The monoisotopic (exact) mass is 414 g/mol. The van der Waals surface area contributed by atoms with Crippen LogP contribution in [0.5, 0.6) is 0 Å². The maximum atomic E-state index is 11.0. The lowest BCUT2D eigenvalue weighted by Gasteiger charge is -2.00. The second kappa shape index (κ2) is 4.98. The third-order valence-electron chi connectivity index (χ3n) is 3.03. The summed E-state index contributed by atoms with van der Waals surface area (Å²) in [6.07, 6.45) is 0. The van der Waals surface area contributed by atoms with E-state index in [0.29, 0.717) is 5.52 Å². The molecule has 0 spiro atoms. The molecule has 0 saturated carbocycles. The maximum Gasteiger partial charge on any atom is 0.335 e. The van der Waals surface area contributed by atoms with Crippen LogP contribution in [-0.4, -0.2) is 20.6 Å². The summed E-state index contributed by atoms with van der Waals surface area (Å²) in [4.78, 5) is 15.6. The van der Waals surface area contributed by atoms with Crippen LogP contribution in [0.3, 0.4) is 0 Å². The number of rotatable bonds is 2. The van der Waals surface area contributed by atoms with Gasteiger partial charge in [-0.1, -0.05) is 0 Å². The van der Waals surface area contributed by atoms with E-state index in [0.717, 1.165) is 24.5 Å². The molecule has 0 radical (unpaired) electrons. The average molecular weight is 416 g/mol. The Hall–Kier alpha value is -1.18. The summed E-state index contributed by atoms with van der Waals surface area (Å²) >= 11 is 8.55. The normalized spacial score (nSPS) is 11.2. The van der Waals surface area contributed by atoms with Gasteiger partial charge >= 0.3 is 5.97 Å². The molecule has 1 N–H and O–H groups in total. The standard InChI is InChI=1S/C13H8Br2N2O2S/c1-17-9-3-2-6(13(18)19)4-8(9)16-12(17)7-5-10(14)20-11(7)15/h2-5H,1H3,(H,18,19). The molecule has 0 saturated heterocycles. The molecule has 0 bridgehead atoms. The second-order valence-corrected chi connectivity index (χ2v) is 7.99. The number of carboxylic acids is 1. The van der Waals surface area contributed by atoms with Gasteiger partial charge in [-0.2, -0.15) is 0 Å². The lowest BCUT2D eigenvalue weighted by molar-refractivity contribution is 0.0697. The number of aromatic carboxylic acids is 1. The van der Waals surface area contributed by atoms with Gasteiger partial charge < -0.3 is 9.67 Å². The fraction of sp³-hybridized carbons (Fsp3) is 0.0769.